The number of hydrogen-bond donors (Lipinski definition) is 1. The molecule has 0 radical (unpaired) electrons. The summed E-state index contributed by atoms with van der Waals surface area (Å²) in [5, 5.41) is 1.21. The highest BCUT2D eigenvalue weighted by Gasteiger charge is 2.21. The zero-order chi connectivity index (χ0) is 17.7. The van der Waals surface area contributed by atoms with Gasteiger partial charge in [-0.2, -0.15) is 0 Å². The van der Waals surface area contributed by atoms with Gasteiger partial charge >= 0.3 is 0 Å². The van der Waals surface area contributed by atoms with E-state index in [2.05, 4.69) is 57.0 Å². The standard InChI is InChI=1S/C20H19BrN4S/c1-12-16(21)18-19(26-12)17(14-6-5-7-15-13(14)8-9-22-15)23-20(24-18)25-10-3-2-4-11-25/h5-9,22H,2-4,10-11H2,1H3. The summed E-state index contributed by atoms with van der Waals surface area (Å²) in [7, 11) is 0. The molecule has 3 aromatic heterocycles. The molecule has 1 N–H and O–H groups in total. The summed E-state index contributed by atoms with van der Waals surface area (Å²) in [5.41, 5.74) is 4.38. The van der Waals surface area contributed by atoms with E-state index in [-0.39, 0.29) is 0 Å². The molecule has 0 atom stereocenters. The van der Waals surface area contributed by atoms with Crippen LogP contribution in [0.5, 0.6) is 0 Å². The Hall–Kier alpha value is -1.92. The number of piperidine rings is 1. The SMILES string of the molecule is Cc1sc2c(-c3cccc4[nH]ccc34)nc(N3CCCCC3)nc2c1Br. The Morgan fingerprint density at radius 1 is 1.12 bits per heavy atom. The molecule has 0 unspecified atom stereocenters. The second-order valence-corrected chi connectivity index (χ2v) is 8.83. The second kappa shape index (κ2) is 6.35. The van der Waals surface area contributed by atoms with Gasteiger partial charge in [-0.25, -0.2) is 9.97 Å². The number of nitrogens with one attached hydrogen (secondary N) is 1. The smallest absolute Gasteiger partial charge is 0.226 e. The van der Waals surface area contributed by atoms with Crippen LogP contribution in [0.15, 0.2) is 34.9 Å². The molecule has 1 aliphatic rings. The highest BCUT2D eigenvalue weighted by atomic mass is 79.9. The highest BCUT2D eigenvalue weighted by Crippen LogP contribution is 2.41. The largest absolute Gasteiger partial charge is 0.361 e. The van der Waals surface area contributed by atoms with Crippen molar-refractivity contribution in [3.63, 3.8) is 0 Å². The Labute approximate surface area is 164 Å². The van der Waals surface area contributed by atoms with E-state index in [1.54, 1.807) is 11.3 Å². The zero-order valence-electron chi connectivity index (χ0n) is 14.6. The lowest BCUT2D eigenvalue weighted by molar-refractivity contribution is 0.569. The molecule has 0 amide bonds. The predicted molar refractivity (Wildman–Crippen MR) is 113 cm³/mol. The molecule has 26 heavy (non-hydrogen) atoms. The summed E-state index contributed by atoms with van der Waals surface area (Å²) in [5.74, 6) is 0.859. The van der Waals surface area contributed by atoms with Crippen LogP contribution in [-0.4, -0.2) is 28.0 Å². The number of fused-ring (bicyclic) bond motifs is 2. The summed E-state index contributed by atoms with van der Waals surface area (Å²) < 4.78 is 2.25. The molecule has 0 bridgehead atoms. The first-order valence-electron chi connectivity index (χ1n) is 9.00. The topological polar surface area (TPSA) is 44.8 Å². The van der Waals surface area contributed by atoms with Crippen LogP contribution in [0.3, 0.4) is 0 Å². The molecule has 1 fully saturated rings. The first-order valence-corrected chi connectivity index (χ1v) is 10.6. The summed E-state index contributed by atoms with van der Waals surface area (Å²) in [6.07, 6.45) is 5.73. The Morgan fingerprint density at radius 2 is 1.96 bits per heavy atom. The van der Waals surface area contributed by atoms with Gasteiger partial charge < -0.3 is 9.88 Å². The number of aromatic amines is 1. The number of aryl methyl sites for hydroxylation is 1. The second-order valence-electron chi connectivity index (χ2n) is 6.81. The number of benzene rings is 1. The van der Waals surface area contributed by atoms with Gasteiger partial charge in [0.25, 0.3) is 0 Å². The quantitative estimate of drug-likeness (QED) is 0.433. The number of H-pyrrole nitrogens is 1. The third-order valence-corrected chi connectivity index (χ3v) is 7.45. The minimum absolute atomic E-state index is 0.859. The maximum Gasteiger partial charge on any atom is 0.226 e. The van der Waals surface area contributed by atoms with Crippen molar-refractivity contribution in [3.8, 4) is 11.3 Å². The van der Waals surface area contributed by atoms with Crippen LogP contribution in [0, 0.1) is 6.92 Å². The number of rotatable bonds is 2. The van der Waals surface area contributed by atoms with Crippen molar-refractivity contribution < 1.29 is 0 Å². The van der Waals surface area contributed by atoms with Crippen molar-refractivity contribution in [2.24, 2.45) is 0 Å². The average molecular weight is 427 g/mol. The van der Waals surface area contributed by atoms with Crippen molar-refractivity contribution >= 4 is 54.3 Å². The van der Waals surface area contributed by atoms with Crippen molar-refractivity contribution in [2.75, 3.05) is 18.0 Å². The normalized spacial score (nSPS) is 15.2. The number of thiophene rings is 1. The lowest BCUT2D eigenvalue weighted by Crippen LogP contribution is -2.31. The number of anilines is 1. The molecule has 4 aromatic rings. The first kappa shape index (κ1) is 16.3. The summed E-state index contributed by atoms with van der Waals surface area (Å²) >= 11 is 5.52. The fourth-order valence-electron chi connectivity index (χ4n) is 3.76. The van der Waals surface area contributed by atoms with E-state index in [9.17, 15) is 0 Å². The van der Waals surface area contributed by atoms with E-state index in [1.165, 1.54) is 35.1 Å². The molecule has 1 aliphatic heterocycles. The van der Waals surface area contributed by atoms with Crippen molar-refractivity contribution in [1.82, 2.24) is 15.0 Å². The summed E-state index contributed by atoms with van der Waals surface area (Å²) in [4.78, 5) is 16.9. The summed E-state index contributed by atoms with van der Waals surface area (Å²) in [6.45, 7) is 4.22. The van der Waals surface area contributed by atoms with E-state index >= 15 is 0 Å². The van der Waals surface area contributed by atoms with Gasteiger partial charge in [0.1, 0.15) is 5.52 Å². The monoisotopic (exact) mass is 426 g/mol. The molecule has 4 nitrogen and oxygen atoms in total. The number of nitrogens with zero attached hydrogens (tertiary/aromatic N) is 3. The van der Waals surface area contributed by atoms with Gasteiger partial charge in [-0.05, 0) is 54.2 Å². The van der Waals surface area contributed by atoms with Gasteiger partial charge in [-0.3, -0.25) is 0 Å². The van der Waals surface area contributed by atoms with Crippen LogP contribution in [0.4, 0.5) is 5.95 Å². The summed E-state index contributed by atoms with van der Waals surface area (Å²) in [6, 6.07) is 8.51. The maximum atomic E-state index is 5.07. The van der Waals surface area contributed by atoms with E-state index in [1.807, 2.05) is 6.20 Å². The highest BCUT2D eigenvalue weighted by molar-refractivity contribution is 9.10. The van der Waals surface area contributed by atoms with Gasteiger partial charge in [-0.1, -0.05) is 12.1 Å². The number of halogens is 1. The third kappa shape index (κ3) is 2.55. The van der Waals surface area contributed by atoms with Crippen LogP contribution in [0.25, 0.3) is 32.4 Å². The molecule has 4 heterocycles. The average Bonchev–Trinajstić information content (AvgIpc) is 3.27. The van der Waals surface area contributed by atoms with Gasteiger partial charge in [-0.15, -0.1) is 11.3 Å². The minimum atomic E-state index is 0.859. The Kier molecular flexibility index (Phi) is 3.98. The van der Waals surface area contributed by atoms with Crippen LogP contribution < -0.4 is 4.90 Å². The van der Waals surface area contributed by atoms with Crippen LogP contribution >= 0.6 is 27.3 Å². The van der Waals surface area contributed by atoms with Gasteiger partial charge in [0.05, 0.1) is 14.9 Å². The molecular weight excluding hydrogens is 408 g/mol. The van der Waals surface area contributed by atoms with E-state index in [0.29, 0.717) is 0 Å². The molecule has 1 aromatic carbocycles. The maximum absolute atomic E-state index is 5.07. The predicted octanol–water partition coefficient (Wildman–Crippen LogP) is 5.90. The van der Waals surface area contributed by atoms with Gasteiger partial charge in [0.2, 0.25) is 5.95 Å². The van der Waals surface area contributed by atoms with Crippen molar-refractivity contribution in [2.45, 2.75) is 26.2 Å². The molecular formula is C20H19BrN4S. The molecule has 1 saturated heterocycles. The molecule has 5 rings (SSSR count). The zero-order valence-corrected chi connectivity index (χ0v) is 17.0. The minimum Gasteiger partial charge on any atom is -0.361 e. The Morgan fingerprint density at radius 3 is 2.81 bits per heavy atom. The molecule has 6 heteroatoms. The molecule has 0 spiro atoms. The lowest BCUT2D eigenvalue weighted by atomic mass is 10.1. The molecule has 132 valence electrons. The van der Waals surface area contributed by atoms with Crippen LogP contribution in [0.1, 0.15) is 24.1 Å². The Bertz CT molecular complexity index is 1110. The fourth-order valence-corrected chi connectivity index (χ4v) is 5.41. The molecule has 0 saturated carbocycles. The first-order chi connectivity index (χ1) is 12.7. The number of aromatic nitrogens is 3. The van der Waals surface area contributed by atoms with Gasteiger partial charge in [0.15, 0.2) is 0 Å². The molecule has 0 aliphatic carbocycles. The van der Waals surface area contributed by atoms with E-state index < -0.39 is 0 Å². The number of hydrogen-bond acceptors (Lipinski definition) is 4. The third-order valence-electron chi connectivity index (χ3n) is 5.11. The van der Waals surface area contributed by atoms with Crippen molar-refractivity contribution in [1.29, 1.82) is 0 Å². The fraction of sp³-hybridized carbons (Fsp3) is 0.300. The van der Waals surface area contributed by atoms with Gasteiger partial charge in [0, 0.05) is 40.6 Å². The Balaban J connectivity index is 1.80. The van der Waals surface area contributed by atoms with E-state index in [4.69, 9.17) is 9.97 Å². The van der Waals surface area contributed by atoms with Crippen molar-refractivity contribution in [3.05, 3.63) is 39.8 Å². The van der Waals surface area contributed by atoms with Crippen LogP contribution in [0.2, 0.25) is 0 Å². The lowest BCUT2D eigenvalue weighted by Gasteiger charge is -2.27. The van der Waals surface area contributed by atoms with E-state index in [0.717, 1.165) is 44.9 Å². The van der Waals surface area contributed by atoms with Crippen LogP contribution in [-0.2, 0) is 0 Å².